The second-order valence-corrected chi connectivity index (χ2v) is 12.9. The van der Waals surface area contributed by atoms with Crippen LogP contribution in [0.3, 0.4) is 0 Å². The highest BCUT2D eigenvalue weighted by Crippen LogP contribution is 2.42. The molecule has 50 heavy (non-hydrogen) atoms. The summed E-state index contributed by atoms with van der Waals surface area (Å²) < 4.78 is 10.5. The van der Waals surface area contributed by atoms with Gasteiger partial charge in [0.15, 0.2) is 0 Å². The number of rotatable bonds is 10. The summed E-state index contributed by atoms with van der Waals surface area (Å²) in [5, 5.41) is 5.18. The van der Waals surface area contributed by atoms with Crippen molar-refractivity contribution in [2.45, 2.75) is 71.7 Å². The SMILES string of the molecule is CCOC(=O)CC(c1ccccc1)N1C(=O)c2cc(C#CC(=O)NCCNC(=O)OC(C)(C)C)ccc2N(C(C)C)C(=O)C1c1ccccc1. The molecule has 2 atom stereocenters. The lowest BCUT2D eigenvalue weighted by Gasteiger charge is -2.37. The first-order valence-electron chi connectivity index (χ1n) is 16.6. The van der Waals surface area contributed by atoms with Gasteiger partial charge in [0.2, 0.25) is 0 Å². The zero-order valence-electron chi connectivity index (χ0n) is 29.3. The van der Waals surface area contributed by atoms with Crippen molar-refractivity contribution in [3.63, 3.8) is 0 Å². The molecule has 0 saturated heterocycles. The Morgan fingerprint density at radius 1 is 0.900 bits per heavy atom. The maximum absolute atomic E-state index is 14.9. The number of fused-ring (bicyclic) bond motifs is 1. The van der Waals surface area contributed by atoms with Crippen LogP contribution in [0.4, 0.5) is 10.5 Å². The number of anilines is 1. The van der Waals surface area contributed by atoms with Crippen molar-refractivity contribution in [2.75, 3.05) is 24.6 Å². The minimum absolute atomic E-state index is 0.123. The van der Waals surface area contributed by atoms with Gasteiger partial charge in [0.25, 0.3) is 17.7 Å². The van der Waals surface area contributed by atoms with Gasteiger partial charge in [-0.2, -0.15) is 0 Å². The predicted molar refractivity (Wildman–Crippen MR) is 189 cm³/mol. The molecule has 262 valence electrons. The lowest BCUT2D eigenvalue weighted by molar-refractivity contribution is -0.145. The molecule has 0 saturated carbocycles. The quantitative estimate of drug-likeness (QED) is 0.168. The van der Waals surface area contributed by atoms with Crippen LogP contribution in [0.5, 0.6) is 0 Å². The van der Waals surface area contributed by atoms with Gasteiger partial charge in [-0.3, -0.25) is 19.2 Å². The molecule has 11 heteroatoms. The zero-order valence-corrected chi connectivity index (χ0v) is 29.3. The van der Waals surface area contributed by atoms with E-state index >= 15 is 0 Å². The summed E-state index contributed by atoms with van der Waals surface area (Å²) in [6.07, 6.45) is -0.777. The van der Waals surface area contributed by atoms with E-state index in [0.29, 0.717) is 22.4 Å². The maximum atomic E-state index is 14.9. The molecule has 3 aromatic carbocycles. The smallest absolute Gasteiger partial charge is 0.407 e. The van der Waals surface area contributed by atoms with E-state index < -0.39 is 41.6 Å². The normalized spacial score (nSPS) is 14.9. The Hall–Kier alpha value is -5.63. The highest BCUT2D eigenvalue weighted by molar-refractivity contribution is 6.12. The largest absolute Gasteiger partial charge is 0.466 e. The van der Waals surface area contributed by atoms with E-state index in [0.717, 1.165) is 0 Å². The van der Waals surface area contributed by atoms with Crippen molar-refractivity contribution in [3.05, 3.63) is 101 Å². The Balaban J connectivity index is 1.73. The Kier molecular flexibility index (Phi) is 12.4. The monoisotopic (exact) mass is 680 g/mol. The van der Waals surface area contributed by atoms with Crippen LogP contribution in [0.2, 0.25) is 0 Å². The van der Waals surface area contributed by atoms with Crippen LogP contribution in [0.1, 0.15) is 87.1 Å². The predicted octanol–water partition coefficient (Wildman–Crippen LogP) is 5.31. The van der Waals surface area contributed by atoms with Gasteiger partial charge >= 0.3 is 12.1 Å². The van der Waals surface area contributed by atoms with Crippen molar-refractivity contribution < 1.29 is 33.4 Å². The van der Waals surface area contributed by atoms with Crippen LogP contribution < -0.4 is 15.5 Å². The molecule has 1 heterocycles. The second kappa shape index (κ2) is 16.7. The number of carbonyl (C=O) groups is 5. The van der Waals surface area contributed by atoms with Crippen molar-refractivity contribution in [2.24, 2.45) is 0 Å². The minimum Gasteiger partial charge on any atom is -0.466 e. The molecule has 0 bridgehead atoms. The van der Waals surface area contributed by atoms with Crippen molar-refractivity contribution in [1.82, 2.24) is 15.5 Å². The van der Waals surface area contributed by atoms with Crippen molar-refractivity contribution in [3.8, 4) is 11.8 Å². The molecular weight excluding hydrogens is 636 g/mol. The Morgan fingerprint density at radius 2 is 1.54 bits per heavy atom. The summed E-state index contributed by atoms with van der Waals surface area (Å²) in [5.74, 6) is 3.44. The molecule has 0 spiro atoms. The molecule has 0 aromatic heterocycles. The first-order valence-corrected chi connectivity index (χ1v) is 16.6. The van der Waals surface area contributed by atoms with Gasteiger partial charge in [-0.1, -0.05) is 66.6 Å². The highest BCUT2D eigenvalue weighted by atomic mass is 16.6. The number of alkyl carbamates (subject to hydrolysis) is 1. The average Bonchev–Trinajstić information content (AvgIpc) is 3.16. The number of hydrogen-bond acceptors (Lipinski definition) is 7. The number of esters is 1. The number of amides is 4. The molecule has 1 aliphatic heterocycles. The number of nitrogens with zero attached hydrogens (tertiary/aromatic N) is 2. The summed E-state index contributed by atoms with van der Waals surface area (Å²) in [6, 6.07) is 20.7. The maximum Gasteiger partial charge on any atom is 0.407 e. The fraction of sp³-hybridized carbons (Fsp3) is 0.359. The molecule has 0 fully saturated rings. The molecular formula is C39H44N4O7. The van der Waals surface area contributed by atoms with E-state index in [1.165, 1.54) is 4.90 Å². The van der Waals surface area contributed by atoms with Gasteiger partial charge in [0.1, 0.15) is 11.6 Å². The summed E-state index contributed by atoms with van der Waals surface area (Å²) in [6.45, 7) is 11.1. The van der Waals surface area contributed by atoms with Gasteiger partial charge in [-0.25, -0.2) is 4.79 Å². The first kappa shape index (κ1) is 37.2. The fourth-order valence-corrected chi connectivity index (χ4v) is 5.67. The number of benzene rings is 3. The third-order valence-corrected chi connectivity index (χ3v) is 7.69. The lowest BCUT2D eigenvalue weighted by Crippen LogP contribution is -2.46. The van der Waals surface area contributed by atoms with Gasteiger partial charge in [-0.15, -0.1) is 0 Å². The Bertz CT molecular complexity index is 1760. The van der Waals surface area contributed by atoms with E-state index in [1.807, 2.05) is 50.2 Å². The summed E-state index contributed by atoms with van der Waals surface area (Å²) in [4.78, 5) is 70.1. The Labute approximate surface area is 293 Å². The summed E-state index contributed by atoms with van der Waals surface area (Å²) >= 11 is 0. The summed E-state index contributed by atoms with van der Waals surface area (Å²) in [5.41, 5.74) is 1.57. The second-order valence-electron chi connectivity index (χ2n) is 12.9. The van der Waals surface area contributed by atoms with Crippen LogP contribution in [-0.2, 0) is 23.9 Å². The topological polar surface area (TPSA) is 134 Å². The standard InChI is InChI=1S/C39H44N4O7/c1-7-49-34(45)25-32(28-14-10-8-11-15-28)43-35(29-16-12-9-13-17-29)37(47)42(26(2)3)31-20-18-27(24-30(31)36(43)46)19-21-33(44)40-22-23-41-38(48)50-39(4,5)6/h8-18,20,24,26,32,35H,7,22-23,25H2,1-6H3,(H,40,44)(H,41,48). The Morgan fingerprint density at radius 3 is 2.16 bits per heavy atom. The molecule has 3 aromatic rings. The van der Waals surface area contributed by atoms with Crippen LogP contribution in [0.15, 0.2) is 78.9 Å². The van der Waals surface area contributed by atoms with E-state index in [9.17, 15) is 24.0 Å². The third kappa shape index (κ3) is 9.50. The molecule has 4 rings (SSSR count). The zero-order chi connectivity index (χ0) is 36.4. The highest BCUT2D eigenvalue weighted by Gasteiger charge is 2.45. The molecule has 4 amide bonds. The number of ether oxygens (including phenoxy) is 2. The van der Waals surface area contributed by atoms with E-state index in [4.69, 9.17) is 9.47 Å². The van der Waals surface area contributed by atoms with E-state index in [-0.39, 0.29) is 43.6 Å². The van der Waals surface area contributed by atoms with E-state index in [1.54, 1.807) is 75.1 Å². The number of hydrogen-bond donors (Lipinski definition) is 2. The number of carbonyl (C=O) groups excluding carboxylic acids is 5. The molecule has 0 aliphatic carbocycles. The van der Waals surface area contributed by atoms with Crippen LogP contribution >= 0.6 is 0 Å². The van der Waals surface area contributed by atoms with Gasteiger partial charge in [-0.05, 0) is 70.9 Å². The molecule has 2 unspecified atom stereocenters. The van der Waals surface area contributed by atoms with Crippen molar-refractivity contribution in [1.29, 1.82) is 0 Å². The molecule has 2 N–H and O–H groups in total. The average molecular weight is 681 g/mol. The minimum atomic E-state index is -1.08. The molecule has 0 radical (unpaired) electrons. The third-order valence-electron chi connectivity index (χ3n) is 7.69. The van der Waals surface area contributed by atoms with E-state index in [2.05, 4.69) is 22.5 Å². The fourth-order valence-electron chi connectivity index (χ4n) is 5.67. The summed E-state index contributed by atoms with van der Waals surface area (Å²) in [7, 11) is 0. The van der Waals surface area contributed by atoms with Gasteiger partial charge in [0, 0.05) is 30.6 Å². The lowest BCUT2D eigenvalue weighted by atomic mass is 9.95. The van der Waals surface area contributed by atoms with Crippen LogP contribution in [0, 0.1) is 11.8 Å². The van der Waals surface area contributed by atoms with Crippen LogP contribution in [-0.4, -0.2) is 66.0 Å². The van der Waals surface area contributed by atoms with Crippen molar-refractivity contribution >= 4 is 35.5 Å². The number of nitrogens with one attached hydrogen (secondary N) is 2. The van der Waals surface area contributed by atoms with Gasteiger partial charge < -0.3 is 29.9 Å². The molecule has 11 nitrogen and oxygen atoms in total. The first-order chi connectivity index (χ1) is 23.8. The molecule has 1 aliphatic rings. The van der Waals surface area contributed by atoms with Crippen LogP contribution in [0.25, 0.3) is 0 Å². The van der Waals surface area contributed by atoms with Gasteiger partial charge in [0.05, 0.1) is 30.3 Å².